The van der Waals surface area contributed by atoms with Gasteiger partial charge in [0.25, 0.3) is 0 Å². The first kappa shape index (κ1) is 94.8. The molecule has 0 unspecified atom stereocenters. The average Bonchev–Trinajstić information content (AvgIpc) is 0.924. The monoisotopic (exact) mass is 1970 g/mol. The number of hydrogen-bond acceptors (Lipinski definition) is 20. The third-order valence-electron chi connectivity index (χ3n) is 29.0. The third kappa shape index (κ3) is 19.1. The van der Waals surface area contributed by atoms with Crippen LogP contribution in [0.15, 0.2) is 364 Å². The summed E-state index contributed by atoms with van der Waals surface area (Å²) < 4.78 is 79.5. The molecule has 6 aromatic heterocycles. The molecule has 0 N–H and O–H groups in total. The predicted molar refractivity (Wildman–Crippen MR) is 593 cm³/mol. The van der Waals surface area contributed by atoms with Gasteiger partial charge in [-0.25, -0.2) is 19.9 Å². The number of aromatic nitrogens is 5. The normalized spacial score (nSPS) is 17.3. The molecule has 20 heteroatoms. The van der Waals surface area contributed by atoms with Gasteiger partial charge in [0.05, 0.1) is 167 Å². The van der Waals surface area contributed by atoms with E-state index < -0.39 is 10.8 Å². The van der Waals surface area contributed by atoms with Gasteiger partial charge in [0.1, 0.15) is 60.3 Å². The van der Waals surface area contributed by atoms with Crippen molar-refractivity contribution in [2.75, 3.05) is 168 Å². The number of pyridine rings is 5. The van der Waals surface area contributed by atoms with Crippen molar-refractivity contribution in [2.24, 2.45) is 0 Å². The molecule has 0 aliphatic carbocycles. The second-order valence-corrected chi connectivity index (χ2v) is 38.8. The van der Waals surface area contributed by atoms with E-state index in [4.69, 9.17) is 81.8 Å². The topological polar surface area (TPSA) is 182 Å². The number of ether oxygens (including phenoxy) is 12. The Kier molecular flexibility index (Phi) is 27.7. The van der Waals surface area contributed by atoms with Crippen molar-refractivity contribution in [1.82, 2.24) is 24.9 Å². The Labute approximate surface area is 863 Å². The van der Waals surface area contributed by atoms with E-state index >= 15 is 0 Å². The second kappa shape index (κ2) is 43.3. The van der Waals surface area contributed by atoms with Crippen molar-refractivity contribution >= 4 is 119 Å². The molecule has 736 valence electrons. The largest absolute Gasteiger partial charge is 0.491 e. The zero-order valence-corrected chi connectivity index (χ0v) is 83.4. The number of benzene rings is 15. The molecule has 19 nitrogen and oxygen atoms in total. The van der Waals surface area contributed by atoms with Gasteiger partial charge in [-0.05, 0) is 204 Å². The van der Waals surface area contributed by atoms with E-state index in [9.17, 15) is 0 Å². The number of anilines is 2. The highest BCUT2D eigenvalue weighted by atomic mass is 32.1. The van der Waals surface area contributed by atoms with Gasteiger partial charge >= 0.3 is 0 Å². The molecule has 0 radical (unpaired) electrons. The first-order valence-corrected chi connectivity index (χ1v) is 52.1. The second-order valence-electron chi connectivity index (χ2n) is 37.7. The predicted octanol–water partition coefficient (Wildman–Crippen LogP) is 25.8. The van der Waals surface area contributed by atoms with Crippen LogP contribution in [0, 0.1) is 6.92 Å². The van der Waals surface area contributed by atoms with Crippen molar-refractivity contribution in [3.63, 3.8) is 0 Å². The van der Waals surface area contributed by atoms with E-state index in [1.165, 1.54) is 74.7 Å². The summed E-state index contributed by atoms with van der Waals surface area (Å²) in [6.07, 6.45) is 1.96. The van der Waals surface area contributed by atoms with Crippen LogP contribution in [0.25, 0.3) is 141 Å². The van der Waals surface area contributed by atoms with Gasteiger partial charge in [-0.15, -0.1) is 11.3 Å². The molecule has 148 heavy (non-hydrogen) atoms. The van der Waals surface area contributed by atoms with Gasteiger partial charge < -0.3 is 66.6 Å². The molecule has 0 saturated carbocycles. The Morgan fingerprint density at radius 3 is 1.02 bits per heavy atom. The van der Waals surface area contributed by atoms with Gasteiger partial charge in [-0.3, -0.25) is 4.98 Å². The maximum atomic E-state index is 6.62. The molecular weight excluding hydrogens is 1860 g/mol. The van der Waals surface area contributed by atoms with E-state index in [-0.39, 0.29) is 0 Å². The fourth-order valence-corrected chi connectivity index (χ4v) is 23.0. The summed E-state index contributed by atoms with van der Waals surface area (Å²) in [6.45, 7) is 12.0. The van der Waals surface area contributed by atoms with Gasteiger partial charge in [-0.2, -0.15) is 0 Å². The van der Waals surface area contributed by atoms with Gasteiger partial charge in [0, 0.05) is 80.6 Å². The lowest BCUT2D eigenvalue weighted by Crippen LogP contribution is -2.34. The van der Waals surface area contributed by atoms with Crippen LogP contribution >= 0.6 is 11.3 Å². The van der Waals surface area contributed by atoms with Crippen LogP contribution in [-0.4, -0.2) is 183 Å². The quantitative estimate of drug-likeness (QED) is 0.143. The number of thiophene rings is 1. The van der Waals surface area contributed by atoms with Crippen molar-refractivity contribution < 1.29 is 56.8 Å². The van der Waals surface area contributed by atoms with Crippen molar-refractivity contribution in [3.8, 4) is 67.6 Å². The first-order valence-electron chi connectivity index (χ1n) is 51.3. The number of aryl methyl sites for hydroxylation is 1. The van der Waals surface area contributed by atoms with Crippen molar-refractivity contribution in [1.29, 1.82) is 0 Å². The Morgan fingerprint density at radius 2 is 0.581 bits per heavy atom. The summed E-state index contributed by atoms with van der Waals surface area (Å²) in [5.41, 5.74) is 19.0. The third-order valence-corrected chi connectivity index (χ3v) is 30.3. The Hall–Kier alpha value is -15.4. The maximum absolute atomic E-state index is 6.62. The number of rotatable bonds is 6. The van der Waals surface area contributed by atoms with Crippen LogP contribution in [-0.2, 0) is 48.7 Å². The molecule has 18 bridgehead atoms. The molecule has 0 spiro atoms. The Balaban J connectivity index is 0.536. The molecule has 15 aromatic carbocycles. The molecular formula is C128H111N7O12S. The van der Waals surface area contributed by atoms with Gasteiger partial charge in [-0.1, -0.05) is 255 Å². The number of nitrogens with zero attached hydrogens (tertiary/aromatic N) is 7. The van der Waals surface area contributed by atoms with Crippen LogP contribution in [0.2, 0.25) is 0 Å². The lowest BCUT2D eigenvalue weighted by atomic mass is 9.68. The fraction of sp³-hybridized carbons (Fsp3) is 0.211. The van der Waals surface area contributed by atoms with E-state index in [0.717, 1.165) is 83.1 Å². The van der Waals surface area contributed by atoms with E-state index in [1.807, 2.05) is 72.1 Å². The zero-order valence-electron chi connectivity index (χ0n) is 82.5. The van der Waals surface area contributed by atoms with Crippen LogP contribution in [0.5, 0.6) is 23.0 Å². The van der Waals surface area contributed by atoms with Crippen LogP contribution < -0.4 is 28.7 Å². The molecule has 0 amide bonds. The summed E-state index contributed by atoms with van der Waals surface area (Å²) >= 11 is 1.84. The minimum absolute atomic E-state index is 0.298. The summed E-state index contributed by atoms with van der Waals surface area (Å²) in [6, 6.07) is 127. The minimum Gasteiger partial charge on any atom is -0.491 e. The van der Waals surface area contributed by atoms with E-state index in [0.29, 0.717) is 226 Å². The zero-order chi connectivity index (χ0) is 99.0. The van der Waals surface area contributed by atoms with Crippen molar-refractivity contribution in [2.45, 2.75) is 17.8 Å². The molecule has 0 saturated heterocycles. The maximum Gasteiger partial charge on any atom is 0.119 e. The molecule has 9 aliphatic heterocycles. The highest BCUT2D eigenvalue weighted by molar-refractivity contribution is 7.27. The van der Waals surface area contributed by atoms with Crippen LogP contribution in [0.1, 0.15) is 50.6 Å². The SMILES string of the molecule is Cc1cnc(-c2cccc(N3CCOCCOCCOc4ccc(cc4)C45c6ccc(cc6)OCCOCCOCCN(c6cccc7c6sc6c(-c8ccc(-c9ccc%10c%11ccccc%11c%11ccccc%11c%10c9)cc8)cccc67)CCOCCOCCOc6ccc(cc6)C(c6ccc(cc6)OCCOCCOCC3)(c3ccc6ccc7ccc4nc7c6n3)c3ccc4ccc6ccc5nc6c4n3)c2)cc1-c1ccccc1. The molecule has 0 fully saturated rings. The lowest BCUT2D eigenvalue weighted by molar-refractivity contribution is 0.0347. The van der Waals surface area contributed by atoms with Crippen LogP contribution in [0.3, 0.4) is 0 Å². The first-order chi connectivity index (χ1) is 73.3. The van der Waals surface area contributed by atoms with Gasteiger partial charge in [0.2, 0.25) is 0 Å². The fourth-order valence-electron chi connectivity index (χ4n) is 21.6. The summed E-state index contributed by atoms with van der Waals surface area (Å²) in [5.74, 6) is 2.67. The summed E-state index contributed by atoms with van der Waals surface area (Å²) in [5, 5.41) is 13.7. The number of fused-ring (bicyclic) bond motifs is 13. The molecule has 15 heterocycles. The minimum atomic E-state index is -1.22. The molecule has 30 rings (SSSR count). The van der Waals surface area contributed by atoms with Crippen molar-refractivity contribution in [3.05, 3.63) is 415 Å². The summed E-state index contributed by atoms with van der Waals surface area (Å²) in [4.78, 5) is 33.6. The Morgan fingerprint density at radius 1 is 0.243 bits per heavy atom. The smallest absolute Gasteiger partial charge is 0.119 e. The van der Waals surface area contributed by atoms with E-state index in [2.05, 4.69) is 320 Å². The standard InChI is InChI=1S/C128H111N7O12S/c1-86-85-129-115(84-113(86)88-12-3-2-4-13-88)95-14-9-15-100(82-95)134-58-62-136-66-70-140-74-78-144-101-45-37-96(38-46-101)127-98-41-49-103(50-42-98)146-80-76-142-72-68-138-64-60-135(116-23-11-22-112-111-21-10-20-105(125(111)148-126(112)116)89-26-24-87(25-27-89)94-32-53-110-108-18-6-5-16-106(108)107-17-7-8-19-109(107)114(110)83-94)61-65-139-69-73-143-77-81-147-104-51-43-99(44-52-104)128(97-39-47-102(48-40-97)145-79-75-141-71-67-137-63-59-134,118-55-34-91-29-28-90-33-54-117(127)130-121(90)122(91)131-118)120-57-36-93-31-30-92-35-56-119(127)132-123(92)124(93)133-120/h2-57,82-85H,58-81H2,1H3. The average molecular weight is 1970 g/mol. The van der Waals surface area contributed by atoms with Crippen LogP contribution in [0.4, 0.5) is 11.4 Å². The highest BCUT2D eigenvalue weighted by Gasteiger charge is 2.45. The lowest BCUT2D eigenvalue weighted by Gasteiger charge is -2.36. The number of hydrogen-bond donors (Lipinski definition) is 0. The summed E-state index contributed by atoms with van der Waals surface area (Å²) in [7, 11) is 0. The van der Waals surface area contributed by atoms with E-state index in [1.54, 1.807) is 0 Å². The Bertz CT molecular complexity index is 7950. The molecule has 9 aliphatic rings. The molecule has 0 atom stereocenters. The van der Waals surface area contributed by atoms with Gasteiger partial charge in [0.15, 0.2) is 0 Å². The molecule has 21 aromatic rings. The highest BCUT2D eigenvalue weighted by Crippen LogP contribution is 2.52.